The minimum absolute atomic E-state index is 0.0737. The molecule has 0 spiro atoms. The molecule has 4 nitrogen and oxygen atoms in total. The van der Waals surface area contributed by atoms with Gasteiger partial charge in [-0.15, -0.1) is 0 Å². The highest BCUT2D eigenvalue weighted by atomic mass is 16.2. The third kappa shape index (κ3) is 4.01. The topological polar surface area (TPSA) is 49.6 Å². The van der Waals surface area contributed by atoms with Gasteiger partial charge in [0.05, 0.1) is 0 Å². The van der Waals surface area contributed by atoms with Gasteiger partial charge in [-0.3, -0.25) is 4.79 Å². The molecule has 1 aliphatic rings. The number of carbonyl (C=O) groups excluding carboxylic acids is 1. The van der Waals surface area contributed by atoms with Crippen LogP contribution in [-0.4, -0.2) is 44.5 Å². The van der Waals surface area contributed by atoms with Crippen LogP contribution in [0.4, 0.5) is 5.69 Å². The molecule has 2 rings (SSSR count). The first-order valence-electron chi connectivity index (χ1n) is 8.30. The molecule has 1 heterocycles. The van der Waals surface area contributed by atoms with Crippen molar-refractivity contribution in [1.82, 2.24) is 4.90 Å². The van der Waals surface area contributed by atoms with E-state index in [2.05, 4.69) is 17.0 Å². The molecule has 1 amide bonds. The van der Waals surface area contributed by atoms with Crippen LogP contribution in [0.2, 0.25) is 0 Å². The van der Waals surface area contributed by atoms with E-state index in [1.54, 1.807) is 19.0 Å². The molecule has 1 aliphatic heterocycles. The zero-order chi connectivity index (χ0) is 16.1. The van der Waals surface area contributed by atoms with Crippen LogP contribution < -0.4 is 10.6 Å². The Morgan fingerprint density at radius 2 is 2.00 bits per heavy atom. The summed E-state index contributed by atoms with van der Waals surface area (Å²) in [6, 6.07) is 6.20. The molecule has 2 N–H and O–H groups in total. The van der Waals surface area contributed by atoms with Gasteiger partial charge in [-0.2, -0.15) is 0 Å². The second-order valence-electron chi connectivity index (χ2n) is 6.56. The number of rotatable bonds is 5. The first-order valence-corrected chi connectivity index (χ1v) is 8.30. The number of hydrogen-bond acceptors (Lipinski definition) is 3. The molecule has 1 saturated heterocycles. The maximum Gasteiger partial charge on any atom is 0.253 e. The Balaban J connectivity index is 2.00. The highest BCUT2D eigenvalue weighted by molar-refractivity contribution is 5.95. The van der Waals surface area contributed by atoms with Crippen molar-refractivity contribution in [3.63, 3.8) is 0 Å². The number of hydrogen-bond donors (Lipinski definition) is 1. The van der Waals surface area contributed by atoms with Gasteiger partial charge in [0.15, 0.2) is 0 Å². The van der Waals surface area contributed by atoms with Crippen LogP contribution in [0.1, 0.15) is 41.6 Å². The lowest BCUT2D eigenvalue weighted by Gasteiger charge is -2.34. The van der Waals surface area contributed by atoms with Crippen LogP contribution in [0.25, 0.3) is 0 Å². The maximum absolute atomic E-state index is 12.1. The normalized spacial score (nSPS) is 15.9. The molecule has 0 saturated carbocycles. The van der Waals surface area contributed by atoms with Crippen molar-refractivity contribution in [3.05, 3.63) is 29.3 Å². The molecule has 0 unspecified atom stereocenters. The van der Waals surface area contributed by atoms with Crippen molar-refractivity contribution in [1.29, 1.82) is 0 Å². The lowest BCUT2D eigenvalue weighted by atomic mass is 9.92. The van der Waals surface area contributed by atoms with Gasteiger partial charge in [-0.05, 0) is 68.8 Å². The fourth-order valence-corrected chi connectivity index (χ4v) is 3.21. The Labute approximate surface area is 134 Å². The molecule has 22 heavy (non-hydrogen) atoms. The summed E-state index contributed by atoms with van der Waals surface area (Å²) in [6.45, 7) is 5.04. The quantitative estimate of drug-likeness (QED) is 0.910. The summed E-state index contributed by atoms with van der Waals surface area (Å²) in [5.41, 5.74) is 8.69. The monoisotopic (exact) mass is 303 g/mol. The van der Waals surface area contributed by atoms with Crippen molar-refractivity contribution >= 4 is 11.6 Å². The average Bonchev–Trinajstić information content (AvgIpc) is 2.52. The molecule has 0 atom stereocenters. The Morgan fingerprint density at radius 1 is 1.32 bits per heavy atom. The van der Waals surface area contributed by atoms with Crippen molar-refractivity contribution in [2.45, 2.75) is 32.6 Å². The fourth-order valence-electron chi connectivity index (χ4n) is 3.21. The first-order chi connectivity index (χ1) is 10.5. The number of nitrogens with zero attached hydrogens (tertiary/aromatic N) is 2. The molecule has 1 fully saturated rings. The van der Waals surface area contributed by atoms with Crippen LogP contribution in [0, 0.1) is 12.8 Å². The Kier molecular flexibility index (Phi) is 5.83. The Bertz CT molecular complexity index is 505. The lowest BCUT2D eigenvalue weighted by Crippen LogP contribution is -2.34. The van der Waals surface area contributed by atoms with Crippen molar-refractivity contribution in [3.8, 4) is 0 Å². The highest BCUT2D eigenvalue weighted by Crippen LogP contribution is 2.27. The molecular weight excluding hydrogens is 274 g/mol. The van der Waals surface area contributed by atoms with E-state index < -0.39 is 0 Å². The number of anilines is 1. The third-order valence-electron chi connectivity index (χ3n) is 4.64. The third-order valence-corrected chi connectivity index (χ3v) is 4.64. The van der Waals surface area contributed by atoms with Gasteiger partial charge in [0, 0.05) is 38.4 Å². The summed E-state index contributed by atoms with van der Waals surface area (Å²) in [4.78, 5) is 16.2. The lowest BCUT2D eigenvalue weighted by molar-refractivity contribution is 0.0827. The van der Waals surface area contributed by atoms with E-state index >= 15 is 0 Å². The van der Waals surface area contributed by atoms with Gasteiger partial charge >= 0.3 is 0 Å². The van der Waals surface area contributed by atoms with Crippen LogP contribution in [0.3, 0.4) is 0 Å². The smallest absolute Gasteiger partial charge is 0.253 e. The highest BCUT2D eigenvalue weighted by Gasteiger charge is 2.20. The van der Waals surface area contributed by atoms with Gasteiger partial charge < -0.3 is 15.5 Å². The minimum atomic E-state index is 0.0737. The molecule has 0 radical (unpaired) electrons. The molecule has 1 aromatic carbocycles. The van der Waals surface area contributed by atoms with E-state index in [-0.39, 0.29) is 5.91 Å². The zero-order valence-corrected chi connectivity index (χ0v) is 14.1. The van der Waals surface area contributed by atoms with Gasteiger partial charge in [0.1, 0.15) is 0 Å². The van der Waals surface area contributed by atoms with Crippen molar-refractivity contribution in [2.24, 2.45) is 11.7 Å². The van der Waals surface area contributed by atoms with Crippen LogP contribution in [0.5, 0.6) is 0 Å². The second kappa shape index (κ2) is 7.63. The largest absolute Gasteiger partial charge is 0.372 e. The van der Waals surface area contributed by atoms with E-state index in [4.69, 9.17) is 5.73 Å². The predicted octanol–water partition coefficient (Wildman–Crippen LogP) is 2.65. The van der Waals surface area contributed by atoms with Crippen molar-refractivity contribution in [2.75, 3.05) is 38.6 Å². The number of aryl methyl sites for hydroxylation is 1. The van der Waals surface area contributed by atoms with Crippen LogP contribution in [0.15, 0.2) is 18.2 Å². The zero-order valence-electron chi connectivity index (χ0n) is 14.1. The van der Waals surface area contributed by atoms with Crippen molar-refractivity contribution < 1.29 is 4.79 Å². The molecule has 0 bridgehead atoms. The number of piperidine rings is 1. The van der Waals surface area contributed by atoms with E-state index in [1.807, 2.05) is 13.0 Å². The van der Waals surface area contributed by atoms with Gasteiger partial charge in [-0.25, -0.2) is 0 Å². The number of carbonyl (C=O) groups is 1. The Hall–Kier alpha value is -1.55. The minimum Gasteiger partial charge on any atom is -0.372 e. The SMILES string of the molecule is Cc1cc(N2CCC(CCCN)CC2)ccc1C(=O)N(C)C. The van der Waals surface area contributed by atoms with E-state index in [9.17, 15) is 4.79 Å². The van der Waals surface area contributed by atoms with Gasteiger partial charge in [-0.1, -0.05) is 0 Å². The van der Waals surface area contributed by atoms with Gasteiger partial charge in [0.25, 0.3) is 5.91 Å². The first kappa shape index (κ1) is 16.8. The molecule has 122 valence electrons. The molecule has 4 heteroatoms. The van der Waals surface area contributed by atoms with E-state index in [0.29, 0.717) is 0 Å². The summed E-state index contributed by atoms with van der Waals surface area (Å²) in [6.07, 6.45) is 4.90. The molecule has 1 aromatic rings. The maximum atomic E-state index is 12.1. The van der Waals surface area contributed by atoms with Crippen LogP contribution >= 0.6 is 0 Å². The molecule has 0 aliphatic carbocycles. The van der Waals surface area contributed by atoms with Gasteiger partial charge in [0.2, 0.25) is 0 Å². The average molecular weight is 303 g/mol. The Morgan fingerprint density at radius 3 is 2.55 bits per heavy atom. The standard InChI is InChI=1S/C18H29N3O/c1-14-13-16(6-7-17(14)18(22)20(2)3)21-11-8-15(9-12-21)5-4-10-19/h6-7,13,15H,4-5,8-12,19H2,1-3H3. The van der Waals surface area contributed by atoms with E-state index in [1.165, 1.54) is 24.9 Å². The predicted molar refractivity (Wildman–Crippen MR) is 92.4 cm³/mol. The summed E-state index contributed by atoms with van der Waals surface area (Å²) >= 11 is 0. The summed E-state index contributed by atoms with van der Waals surface area (Å²) < 4.78 is 0. The van der Waals surface area contributed by atoms with E-state index in [0.717, 1.165) is 43.1 Å². The second-order valence-corrected chi connectivity index (χ2v) is 6.56. The number of nitrogens with two attached hydrogens (primary N) is 1. The molecular formula is C18H29N3O. The summed E-state index contributed by atoms with van der Waals surface area (Å²) in [5, 5.41) is 0. The number of benzene rings is 1. The number of amides is 1. The summed E-state index contributed by atoms with van der Waals surface area (Å²) in [5.74, 6) is 0.903. The fraction of sp³-hybridized carbons (Fsp3) is 0.611. The molecule has 0 aromatic heterocycles. The summed E-state index contributed by atoms with van der Waals surface area (Å²) in [7, 11) is 3.59. The van der Waals surface area contributed by atoms with Crippen LogP contribution in [-0.2, 0) is 0 Å².